The van der Waals surface area contributed by atoms with Crippen LogP contribution in [0.3, 0.4) is 0 Å². The van der Waals surface area contributed by atoms with E-state index in [0.29, 0.717) is 0 Å². The van der Waals surface area contributed by atoms with E-state index in [1.165, 1.54) is 12.8 Å². The Bertz CT molecular complexity index is 161. The third-order valence-corrected chi connectivity index (χ3v) is 2.49. The number of nitrogens with zero attached hydrogens (tertiary/aromatic N) is 1. The zero-order valence-corrected chi connectivity index (χ0v) is 6.66. The Balaban J connectivity index is 2.48. The quantitative estimate of drug-likeness (QED) is 0.571. The molecule has 1 aliphatic rings. The third kappa shape index (κ3) is 1.92. The highest BCUT2D eigenvalue weighted by Crippen LogP contribution is 2.24. The van der Waals surface area contributed by atoms with Crippen molar-refractivity contribution in [2.45, 2.75) is 37.8 Å². The Hall–Kier alpha value is -0.590. The summed E-state index contributed by atoms with van der Waals surface area (Å²) in [6.07, 6.45) is 4.42. The molecule has 0 bridgehead atoms. The van der Waals surface area contributed by atoms with Gasteiger partial charge < -0.3 is 11.5 Å². The van der Waals surface area contributed by atoms with Gasteiger partial charge in [-0.25, -0.2) is 0 Å². The van der Waals surface area contributed by atoms with Gasteiger partial charge in [-0.2, -0.15) is 5.26 Å². The maximum atomic E-state index is 8.57. The second-order valence-corrected chi connectivity index (χ2v) is 3.27. The molecule has 1 saturated carbocycles. The number of rotatable bonds is 1. The van der Waals surface area contributed by atoms with E-state index in [1.54, 1.807) is 0 Å². The maximum absolute atomic E-state index is 8.57. The van der Waals surface area contributed by atoms with Gasteiger partial charge in [-0.15, -0.1) is 0 Å². The van der Waals surface area contributed by atoms with Gasteiger partial charge in [0.1, 0.15) is 0 Å². The predicted octanol–water partition coefficient (Wildman–Crippen LogP) is 0.355. The molecule has 1 fully saturated rings. The Morgan fingerprint density at radius 3 is 2.55 bits per heavy atom. The van der Waals surface area contributed by atoms with E-state index in [2.05, 4.69) is 6.07 Å². The molecule has 62 valence electrons. The molecule has 3 nitrogen and oxygen atoms in total. The lowest BCUT2D eigenvalue weighted by atomic mass is 9.81. The maximum Gasteiger partial charge on any atom is 0.0971 e. The van der Waals surface area contributed by atoms with Crippen molar-refractivity contribution in [1.82, 2.24) is 0 Å². The molecule has 3 unspecified atom stereocenters. The Morgan fingerprint density at radius 2 is 2.00 bits per heavy atom. The van der Waals surface area contributed by atoms with Crippen molar-refractivity contribution < 1.29 is 0 Å². The smallest absolute Gasteiger partial charge is 0.0971 e. The van der Waals surface area contributed by atoms with Crippen LogP contribution in [0, 0.1) is 17.2 Å². The monoisotopic (exact) mass is 153 g/mol. The number of hydrogen-bond donors (Lipinski definition) is 2. The molecular formula is C8H15N3. The first-order valence-corrected chi connectivity index (χ1v) is 4.16. The van der Waals surface area contributed by atoms with Crippen molar-refractivity contribution in [2.24, 2.45) is 17.4 Å². The summed E-state index contributed by atoms with van der Waals surface area (Å²) in [7, 11) is 0. The van der Waals surface area contributed by atoms with Crippen LogP contribution in [0.15, 0.2) is 0 Å². The van der Waals surface area contributed by atoms with E-state index in [4.69, 9.17) is 16.7 Å². The first kappa shape index (κ1) is 8.51. The average molecular weight is 153 g/mol. The van der Waals surface area contributed by atoms with Gasteiger partial charge in [-0.1, -0.05) is 12.8 Å². The Labute approximate surface area is 67.4 Å². The van der Waals surface area contributed by atoms with Gasteiger partial charge in [0.25, 0.3) is 0 Å². The fourth-order valence-corrected chi connectivity index (χ4v) is 1.73. The van der Waals surface area contributed by atoms with Crippen LogP contribution in [-0.4, -0.2) is 12.1 Å². The third-order valence-electron chi connectivity index (χ3n) is 2.49. The molecule has 0 radical (unpaired) electrons. The molecule has 3 heteroatoms. The molecule has 0 aromatic rings. The van der Waals surface area contributed by atoms with E-state index in [0.717, 1.165) is 12.8 Å². The minimum atomic E-state index is -0.356. The molecule has 0 amide bonds. The van der Waals surface area contributed by atoms with Crippen LogP contribution in [0.4, 0.5) is 0 Å². The van der Waals surface area contributed by atoms with Crippen molar-refractivity contribution in [2.75, 3.05) is 0 Å². The van der Waals surface area contributed by atoms with E-state index in [9.17, 15) is 0 Å². The SMILES string of the molecule is N#CC(N)C1CCCCC1N. The lowest BCUT2D eigenvalue weighted by Gasteiger charge is -2.29. The first-order chi connectivity index (χ1) is 5.25. The van der Waals surface area contributed by atoms with Gasteiger partial charge in [0.05, 0.1) is 12.1 Å². The van der Waals surface area contributed by atoms with Crippen LogP contribution in [0.1, 0.15) is 25.7 Å². The summed E-state index contributed by atoms with van der Waals surface area (Å²) in [4.78, 5) is 0. The fraction of sp³-hybridized carbons (Fsp3) is 0.875. The normalized spacial score (nSPS) is 34.3. The van der Waals surface area contributed by atoms with Gasteiger partial charge in [-0.05, 0) is 12.8 Å². The molecule has 1 rings (SSSR count). The summed E-state index contributed by atoms with van der Waals surface area (Å²) in [5.41, 5.74) is 11.4. The van der Waals surface area contributed by atoms with E-state index in [-0.39, 0.29) is 18.0 Å². The molecule has 3 atom stereocenters. The van der Waals surface area contributed by atoms with Crippen LogP contribution in [0.25, 0.3) is 0 Å². The first-order valence-electron chi connectivity index (χ1n) is 4.16. The van der Waals surface area contributed by atoms with Crippen molar-refractivity contribution in [3.63, 3.8) is 0 Å². The predicted molar refractivity (Wildman–Crippen MR) is 43.5 cm³/mol. The molecule has 0 aromatic carbocycles. The van der Waals surface area contributed by atoms with Crippen molar-refractivity contribution in [3.05, 3.63) is 0 Å². The molecule has 0 saturated heterocycles. The van der Waals surface area contributed by atoms with Crippen molar-refractivity contribution >= 4 is 0 Å². The van der Waals surface area contributed by atoms with Gasteiger partial charge in [0, 0.05) is 12.0 Å². The summed E-state index contributed by atoms with van der Waals surface area (Å²) in [5.74, 6) is 0.230. The number of hydrogen-bond acceptors (Lipinski definition) is 3. The summed E-state index contributed by atoms with van der Waals surface area (Å²) < 4.78 is 0. The van der Waals surface area contributed by atoms with Crippen LogP contribution in [0.5, 0.6) is 0 Å². The second kappa shape index (κ2) is 3.70. The minimum absolute atomic E-state index is 0.151. The van der Waals surface area contributed by atoms with Gasteiger partial charge in [0.2, 0.25) is 0 Å². The van der Waals surface area contributed by atoms with Gasteiger partial charge >= 0.3 is 0 Å². The number of nitrogens with two attached hydrogens (primary N) is 2. The summed E-state index contributed by atoms with van der Waals surface area (Å²) in [5, 5.41) is 8.57. The molecule has 4 N–H and O–H groups in total. The van der Waals surface area contributed by atoms with Gasteiger partial charge in [-0.3, -0.25) is 0 Å². The largest absolute Gasteiger partial charge is 0.327 e. The topological polar surface area (TPSA) is 75.8 Å². The van der Waals surface area contributed by atoms with Crippen molar-refractivity contribution in [3.8, 4) is 6.07 Å². The molecule has 0 aliphatic heterocycles. The molecular weight excluding hydrogens is 138 g/mol. The highest BCUT2D eigenvalue weighted by molar-refractivity contribution is 4.97. The molecule has 0 heterocycles. The van der Waals surface area contributed by atoms with Crippen LogP contribution >= 0.6 is 0 Å². The molecule has 1 aliphatic carbocycles. The van der Waals surface area contributed by atoms with Crippen LogP contribution < -0.4 is 11.5 Å². The fourth-order valence-electron chi connectivity index (χ4n) is 1.73. The average Bonchev–Trinajstić information content (AvgIpc) is 2.04. The van der Waals surface area contributed by atoms with Gasteiger partial charge in [0.15, 0.2) is 0 Å². The summed E-state index contributed by atoms with van der Waals surface area (Å²) in [6, 6.07) is 1.86. The van der Waals surface area contributed by atoms with E-state index in [1.807, 2.05) is 0 Å². The second-order valence-electron chi connectivity index (χ2n) is 3.27. The van der Waals surface area contributed by atoms with Crippen LogP contribution in [0.2, 0.25) is 0 Å². The molecule has 0 aromatic heterocycles. The lowest BCUT2D eigenvalue weighted by molar-refractivity contribution is 0.289. The Kier molecular flexibility index (Phi) is 2.86. The minimum Gasteiger partial charge on any atom is -0.327 e. The number of nitriles is 1. The Morgan fingerprint density at radius 1 is 1.36 bits per heavy atom. The lowest BCUT2D eigenvalue weighted by Crippen LogP contribution is -2.43. The molecule has 0 spiro atoms. The standard InChI is InChI=1S/C8H15N3/c9-5-8(11)6-3-1-2-4-7(6)10/h6-8H,1-4,10-11H2. The van der Waals surface area contributed by atoms with E-state index >= 15 is 0 Å². The zero-order chi connectivity index (χ0) is 8.27. The zero-order valence-electron chi connectivity index (χ0n) is 6.66. The van der Waals surface area contributed by atoms with E-state index < -0.39 is 0 Å². The highest BCUT2D eigenvalue weighted by atomic mass is 14.7. The highest BCUT2D eigenvalue weighted by Gasteiger charge is 2.26. The summed E-state index contributed by atoms with van der Waals surface area (Å²) >= 11 is 0. The van der Waals surface area contributed by atoms with Crippen LogP contribution in [-0.2, 0) is 0 Å². The van der Waals surface area contributed by atoms with Crippen molar-refractivity contribution in [1.29, 1.82) is 5.26 Å². The summed E-state index contributed by atoms with van der Waals surface area (Å²) in [6.45, 7) is 0. The molecule has 11 heavy (non-hydrogen) atoms.